The van der Waals surface area contributed by atoms with E-state index in [1.807, 2.05) is 20.3 Å². The fraction of sp³-hybridized carbons (Fsp3) is 0.529. The predicted octanol–water partition coefficient (Wildman–Crippen LogP) is 2.34. The van der Waals surface area contributed by atoms with E-state index in [1.165, 1.54) is 10.4 Å². The first-order valence-electron chi connectivity index (χ1n) is 8.28. The molecule has 0 spiro atoms. The molecule has 0 saturated carbocycles. The molecule has 5 nitrogen and oxygen atoms in total. The van der Waals surface area contributed by atoms with Crippen molar-refractivity contribution in [1.82, 2.24) is 14.2 Å². The molecule has 2 heterocycles. The molecular formula is C17H24FN3O2S. The number of hydrogen-bond donors (Lipinski definition) is 1. The van der Waals surface area contributed by atoms with Gasteiger partial charge in [-0.25, -0.2) is 17.1 Å². The van der Waals surface area contributed by atoms with Crippen LogP contribution in [0.5, 0.6) is 0 Å². The van der Waals surface area contributed by atoms with Crippen LogP contribution in [0.15, 0.2) is 18.3 Å². The lowest BCUT2D eigenvalue weighted by Crippen LogP contribution is -2.29. The van der Waals surface area contributed by atoms with Crippen LogP contribution in [-0.2, 0) is 22.2 Å². The first-order valence-corrected chi connectivity index (χ1v) is 9.88. The van der Waals surface area contributed by atoms with Crippen LogP contribution in [0.1, 0.15) is 24.0 Å². The monoisotopic (exact) mass is 353 g/mol. The smallest absolute Gasteiger partial charge is 0.218 e. The number of H-pyrrole nitrogens is 1. The van der Waals surface area contributed by atoms with E-state index in [-0.39, 0.29) is 11.3 Å². The number of nitrogens with one attached hydrogen (secondary N) is 1. The largest absolute Gasteiger partial charge is 0.361 e. The molecule has 0 radical (unpaired) electrons. The molecule has 2 aromatic rings. The number of hydrogen-bond acceptors (Lipinski definition) is 3. The first-order chi connectivity index (χ1) is 11.4. The zero-order chi connectivity index (χ0) is 17.3. The number of aromatic nitrogens is 1. The summed E-state index contributed by atoms with van der Waals surface area (Å²) in [5.41, 5.74) is 2.04. The number of nitrogens with zero attached hydrogens (tertiary/aromatic N) is 2. The van der Waals surface area contributed by atoms with Gasteiger partial charge in [0.2, 0.25) is 10.0 Å². The van der Waals surface area contributed by atoms with Gasteiger partial charge in [-0.15, -0.1) is 0 Å². The van der Waals surface area contributed by atoms with Crippen molar-refractivity contribution in [2.24, 2.45) is 0 Å². The molecule has 0 aliphatic carbocycles. The van der Waals surface area contributed by atoms with E-state index in [9.17, 15) is 12.8 Å². The molecule has 1 saturated heterocycles. The standard InChI is InChI=1S/C17H24FN3O2S/c1-20(2)8-5-13-11-19-17-10-16(18)14(9-15(13)17)12-24(22,23)21-6-3-4-7-21/h9-11,19H,3-8,12H2,1-2H3. The van der Waals surface area contributed by atoms with E-state index in [1.54, 1.807) is 6.07 Å². The molecule has 1 N–H and O–H groups in total. The molecule has 1 fully saturated rings. The van der Waals surface area contributed by atoms with Crippen molar-refractivity contribution in [2.75, 3.05) is 33.7 Å². The minimum absolute atomic E-state index is 0.250. The van der Waals surface area contributed by atoms with Gasteiger partial charge in [-0.3, -0.25) is 0 Å². The fourth-order valence-electron chi connectivity index (χ4n) is 3.16. The van der Waals surface area contributed by atoms with Crippen LogP contribution in [0.4, 0.5) is 4.39 Å². The third kappa shape index (κ3) is 3.63. The molecule has 0 bridgehead atoms. The highest BCUT2D eigenvalue weighted by Gasteiger charge is 2.26. The Labute approximate surface area is 142 Å². The lowest BCUT2D eigenvalue weighted by molar-refractivity contribution is 0.414. The summed E-state index contributed by atoms with van der Waals surface area (Å²) in [5.74, 6) is -0.737. The third-order valence-corrected chi connectivity index (χ3v) is 6.39. The topological polar surface area (TPSA) is 56.4 Å². The molecule has 24 heavy (non-hydrogen) atoms. The van der Waals surface area contributed by atoms with Gasteiger partial charge in [0.05, 0.1) is 5.75 Å². The van der Waals surface area contributed by atoms with Crippen molar-refractivity contribution < 1.29 is 12.8 Å². The molecule has 0 atom stereocenters. The number of benzene rings is 1. The Balaban J connectivity index is 1.90. The van der Waals surface area contributed by atoms with Gasteiger partial charge < -0.3 is 9.88 Å². The molecule has 1 aromatic heterocycles. The Kier molecular flexibility index (Phi) is 4.94. The molecule has 132 valence electrons. The number of likely N-dealkylation sites (N-methyl/N-ethyl adjacent to an activating group) is 1. The minimum Gasteiger partial charge on any atom is -0.361 e. The number of halogens is 1. The lowest BCUT2D eigenvalue weighted by Gasteiger charge is -2.16. The van der Waals surface area contributed by atoms with E-state index in [0.717, 1.165) is 36.8 Å². The second kappa shape index (κ2) is 6.82. The average Bonchev–Trinajstić information content (AvgIpc) is 3.15. The van der Waals surface area contributed by atoms with Crippen LogP contribution < -0.4 is 0 Å². The maximum atomic E-state index is 14.3. The van der Waals surface area contributed by atoms with Crippen molar-refractivity contribution in [3.63, 3.8) is 0 Å². The second-order valence-electron chi connectivity index (χ2n) is 6.72. The number of rotatable bonds is 6. The van der Waals surface area contributed by atoms with Crippen LogP contribution in [0.3, 0.4) is 0 Å². The van der Waals surface area contributed by atoms with Gasteiger partial charge in [-0.05, 0) is 51.1 Å². The highest BCUT2D eigenvalue weighted by atomic mass is 32.2. The number of fused-ring (bicyclic) bond motifs is 1. The quantitative estimate of drug-likeness (QED) is 0.867. The van der Waals surface area contributed by atoms with Gasteiger partial charge in [0, 0.05) is 42.3 Å². The summed E-state index contributed by atoms with van der Waals surface area (Å²) in [6, 6.07) is 3.10. The third-order valence-electron chi connectivity index (χ3n) is 4.56. The maximum Gasteiger partial charge on any atom is 0.218 e. The van der Waals surface area contributed by atoms with Crippen LogP contribution >= 0.6 is 0 Å². The van der Waals surface area contributed by atoms with Crippen LogP contribution in [0.25, 0.3) is 10.9 Å². The minimum atomic E-state index is -3.45. The van der Waals surface area contributed by atoms with E-state index >= 15 is 0 Å². The first kappa shape index (κ1) is 17.4. The Morgan fingerprint density at radius 1 is 1.21 bits per heavy atom. The van der Waals surface area contributed by atoms with Crippen molar-refractivity contribution >= 4 is 20.9 Å². The summed E-state index contributed by atoms with van der Waals surface area (Å²) in [6.07, 6.45) is 4.48. The van der Waals surface area contributed by atoms with Gasteiger partial charge in [0.15, 0.2) is 0 Å². The van der Waals surface area contributed by atoms with E-state index in [4.69, 9.17) is 0 Å². The molecule has 0 amide bonds. The molecule has 0 unspecified atom stereocenters. The molecule has 1 aromatic carbocycles. The highest BCUT2D eigenvalue weighted by molar-refractivity contribution is 7.88. The molecule has 3 rings (SSSR count). The zero-order valence-electron chi connectivity index (χ0n) is 14.2. The number of aromatic amines is 1. The van der Waals surface area contributed by atoms with Crippen molar-refractivity contribution in [3.05, 3.63) is 35.3 Å². The van der Waals surface area contributed by atoms with Gasteiger partial charge in [0.25, 0.3) is 0 Å². The normalized spacial score (nSPS) is 16.5. The second-order valence-corrected chi connectivity index (χ2v) is 8.69. The zero-order valence-corrected chi connectivity index (χ0v) is 15.0. The van der Waals surface area contributed by atoms with Gasteiger partial charge in [0.1, 0.15) is 5.82 Å². The summed E-state index contributed by atoms with van der Waals surface area (Å²) < 4.78 is 40.8. The van der Waals surface area contributed by atoms with E-state index in [0.29, 0.717) is 18.6 Å². The fourth-order valence-corrected chi connectivity index (χ4v) is 4.77. The van der Waals surface area contributed by atoms with Crippen LogP contribution in [-0.4, -0.2) is 56.3 Å². The molecular weight excluding hydrogens is 329 g/mol. The maximum absolute atomic E-state index is 14.3. The predicted molar refractivity (Wildman–Crippen MR) is 93.9 cm³/mol. The molecule has 1 aliphatic heterocycles. The Morgan fingerprint density at radius 3 is 2.58 bits per heavy atom. The van der Waals surface area contributed by atoms with Crippen LogP contribution in [0, 0.1) is 5.82 Å². The van der Waals surface area contributed by atoms with Gasteiger partial charge >= 0.3 is 0 Å². The Morgan fingerprint density at radius 2 is 1.92 bits per heavy atom. The summed E-state index contributed by atoms with van der Waals surface area (Å²) in [5, 5.41) is 0.907. The molecule has 1 aliphatic rings. The van der Waals surface area contributed by atoms with Crippen molar-refractivity contribution in [2.45, 2.75) is 25.0 Å². The summed E-state index contributed by atoms with van der Waals surface area (Å²) in [7, 11) is 0.554. The van der Waals surface area contributed by atoms with Crippen molar-refractivity contribution in [3.8, 4) is 0 Å². The Bertz CT molecular complexity index is 824. The van der Waals surface area contributed by atoms with Gasteiger partial charge in [-0.2, -0.15) is 0 Å². The summed E-state index contributed by atoms with van der Waals surface area (Å²) in [4.78, 5) is 5.16. The van der Waals surface area contributed by atoms with E-state index in [2.05, 4.69) is 9.88 Å². The Hall–Kier alpha value is -1.44. The van der Waals surface area contributed by atoms with Crippen molar-refractivity contribution in [1.29, 1.82) is 0 Å². The summed E-state index contributed by atoms with van der Waals surface area (Å²) >= 11 is 0. The highest BCUT2D eigenvalue weighted by Crippen LogP contribution is 2.25. The number of sulfonamides is 1. The summed E-state index contributed by atoms with van der Waals surface area (Å²) in [6.45, 7) is 1.97. The van der Waals surface area contributed by atoms with Crippen LogP contribution in [0.2, 0.25) is 0 Å². The van der Waals surface area contributed by atoms with Gasteiger partial charge in [-0.1, -0.05) is 0 Å². The average molecular weight is 353 g/mol. The molecule has 7 heteroatoms. The SMILES string of the molecule is CN(C)CCc1c[nH]c2cc(F)c(CS(=O)(=O)N3CCCC3)cc12. The van der Waals surface area contributed by atoms with E-state index < -0.39 is 15.8 Å². The lowest BCUT2D eigenvalue weighted by atomic mass is 10.1.